The first-order valence-electron chi connectivity index (χ1n) is 7.67. The second-order valence-corrected chi connectivity index (χ2v) is 6.00. The maximum Gasteiger partial charge on any atom is 0.170 e. The van der Waals surface area contributed by atoms with E-state index in [2.05, 4.69) is 6.07 Å². The molecule has 0 heterocycles. The predicted molar refractivity (Wildman–Crippen MR) is 90.3 cm³/mol. The number of nitrogens with two attached hydrogens (primary N) is 1. The van der Waals surface area contributed by atoms with Crippen LogP contribution in [0.15, 0.2) is 36.4 Å². The van der Waals surface area contributed by atoms with E-state index in [1.807, 2.05) is 19.1 Å². The van der Waals surface area contributed by atoms with Gasteiger partial charge < -0.3 is 15.2 Å². The minimum atomic E-state index is -0.0156. The Morgan fingerprint density at radius 3 is 2.57 bits per heavy atom. The van der Waals surface area contributed by atoms with Crippen molar-refractivity contribution >= 4 is 11.5 Å². The summed E-state index contributed by atoms with van der Waals surface area (Å²) in [6.45, 7) is 1.98. The van der Waals surface area contributed by atoms with E-state index < -0.39 is 0 Å². The zero-order valence-corrected chi connectivity index (χ0v) is 13.6. The Hall–Kier alpha value is -2.49. The Balaban J connectivity index is 1.84. The highest BCUT2D eigenvalue weighted by molar-refractivity contribution is 6.03. The molecule has 3 rings (SSSR count). The molecule has 2 aromatic rings. The third-order valence-electron chi connectivity index (χ3n) is 4.53. The highest BCUT2D eigenvalue weighted by atomic mass is 16.5. The van der Waals surface area contributed by atoms with Gasteiger partial charge in [0, 0.05) is 11.6 Å². The van der Waals surface area contributed by atoms with Crippen LogP contribution in [-0.4, -0.2) is 20.0 Å². The van der Waals surface area contributed by atoms with Crippen LogP contribution in [-0.2, 0) is 0 Å². The molecule has 2 unspecified atom stereocenters. The van der Waals surface area contributed by atoms with Gasteiger partial charge in [-0.3, -0.25) is 4.79 Å². The Bertz CT molecular complexity index is 754. The molecular formula is C19H21NO3. The van der Waals surface area contributed by atoms with Crippen LogP contribution in [0.4, 0.5) is 5.69 Å². The van der Waals surface area contributed by atoms with Crippen LogP contribution in [0.2, 0.25) is 0 Å². The molecule has 0 bridgehead atoms. The van der Waals surface area contributed by atoms with Crippen molar-refractivity contribution in [2.24, 2.45) is 5.92 Å². The molecule has 0 saturated heterocycles. The summed E-state index contributed by atoms with van der Waals surface area (Å²) in [6.07, 6.45) is 0.849. The molecule has 1 aliphatic rings. The summed E-state index contributed by atoms with van der Waals surface area (Å²) in [6, 6.07) is 11.4. The third kappa shape index (κ3) is 2.89. The molecule has 120 valence electrons. The van der Waals surface area contributed by atoms with Crippen molar-refractivity contribution in [2.45, 2.75) is 19.3 Å². The quantitative estimate of drug-likeness (QED) is 0.677. The van der Waals surface area contributed by atoms with E-state index in [-0.39, 0.29) is 17.6 Å². The lowest BCUT2D eigenvalue weighted by atomic mass is 10.0. The van der Waals surface area contributed by atoms with Crippen LogP contribution in [0.25, 0.3) is 0 Å². The highest BCUT2D eigenvalue weighted by Crippen LogP contribution is 2.50. The molecule has 2 N–H and O–H groups in total. The molecule has 0 amide bonds. The highest BCUT2D eigenvalue weighted by Gasteiger charge is 2.44. The van der Waals surface area contributed by atoms with Crippen molar-refractivity contribution in [3.05, 3.63) is 53.1 Å². The lowest BCUT2D eigenvalue weighted by Crippen LogP contribution is -2.06. The van der Waals surface area contributed by atoms with Gasteiger partial charge >= 0.3 is 0 Å². The van der Waals surface area contributed by atoms with Crippen molar-refractivity contribution < 1.29 is 14.3 Å². The molecule has 0 spiro atoms. The first-order valence-corrected chi connectivity index (χ1v) is 7.67. The zero-order chi connectivity index (χ0) is 16.6. The van der Waals surface area contributed by atoms with Crippen molar-refractivity contribution in [3.8, 4) is 11.5 Å². The van der Waals surface area contributed by atoms with Gasteiger partial charge in [0.1, 0.15) is 11.5 Å². The van der Waals surface area contributed by atoms with E-state index in [0.29, 0.717) is 17.1 Å². The van der Waals surface area contributed by atoms with Crippen molar-refractivity contribution in [3.63, 3.8) is 0 Å². The molecule has 1 saturated carbocycles. The fraction of sp³-hybridized carbons (Fsp3) is 0.316. The van der Waals surface area contributed by atoms with Crippen LogP contribution < -0.4 is 15.2 Å². The largest absolute Gasteiger partial charge is 0.497 e. The molecule has 23 heavy (non-hydrogen) atoms. The molecule has 0 aromatic heterocycles. The fourth-order valence-electron chi connectivity index (χ4n) is 2.95. The second-order valence-electron chi connectivity index (χ2n) is 6.00. The number of nitrogen functional groups attached to an aromatic ring is 1. The summed E-state index contributed by atoms with van der Waals surface area (Å²) in [5, 5.41) is 0. The smallest absolute Gasteiger partial charge is 0.170 e. The monoisotopic (exact) mass is 311 g/mol. The summed E-state index contributed by atoms with van der Waals surface area (Å²) in [5.41, 5.74) is 9.54. The number of Topliss-reactive ketones (excluding diaryl/α,β-unsaturated/α-hetero) is 1. The van der Waals surface area contributed by atoms with Gasteiger partial charge in [0.25, 0.3) is 0 Å². The maximum atomic E-state index is 12.8. The van der Waals surface area contributed by atoms with E-state index in [0.717, 1.165) is 23.2 Å². The Morgan fingerprint density at radius 2 is 1.91 bits per heavy atom. The molecule has 4 heteroatoms. The number of aryl methyl sites for hydroxylation is 1. The Morgan fingerprint density at radius 1 is 1.13 bits per heavy atom. The van der Waals surface area contributed by atoms with Crippen LogP contribution in [0.1, 0.15) is 33.8 Å². The minimum absolute atomic E-state index is 0.0156. The summed E-state index contributed by atoms with van der Waals surface area (Å²) in [5.74, 6) is 1.57. The topological polar surface area (TPSA) is 61.5 Å². The Kier molecular flexibility index (Phi) is 3.99. The number of carbonyl (C=O) groups is 1. The molecule has 1 aliphatic carbocycles. The van der Waals surface area contributed by atoms with Gasteiger partial charge in [-0.05, 0) is 54.7 Å². The number of methoxy groups -OCH3 is 2. The lowest BCUT2D eigenvalue weighted by molar-refractivity contribution is 0.0962. The standard InChI is InChI=1S/C19H21NO3/c1-11-4-5-12(8-17(11)20)14-10-15(14)19(21)16-9-13(22-2)6-7-18(16)23-3/h4-9,14-15H,10,20H2,1-3H3. The minimum Gasteiger partial charge on any atom is -0.497 e. The van der Waals surface area contributed by atoms with Crippen LogP contribution in [0.5, 0.6) is 11.5 Å². The van der Waals surface area contributed by atoms with Crippen LogP contribution >= 0.6 is 0 Å². The lowest BCUT2D eigenvalue weighted by Gasteiger charge is -2.10. The number of rotatable bonds is 5. The van der Waals surface area contributed by atoms with Crippen LogP contribution in [0, 0.1) is 12.8 Å². The molecule has 2 atom stereocenters. The molecular weight excluding hydrogens is 290 g/mol. The van der Waals surface area contributed by atoms with Gasteiger partial charge in [-0.15, -0.1) is 0 Å². The van der Waals surface area contributed by atoms with E-state index in [4.69, 9.17) is 15.2 Å². The summed E-state index contributed by atoms with van der Waals surface area (Å²) >= 11 is 0. The van der Waals surface area contributed by atoms with E-state index in [9.17, 15) is 4.79 Å². The van der Waals surface area contributed by atoms with Gasteiger partial charge in [-0.2, -0.15) is 0 Å². The normalized spacial score (nSPS) is 19.3. The first kappa shape index (κ1) is 15.4. The number of benzene rings is 2. The first-order chi connectivity index (χ1) is 11.0. The van der Waals surface area contributed by atoms with Gasteiger partial charge in [-0.1, -0.05) is 12.1 Å². The SMILES string of the molecule is COc1ccc(OC)c(C(=O)C2CC2c2ccc(C)c(N)c2)c1. The van der Waals surface area contributed by atoms with Crippen LogP contribution in [0.3, 0.4) is 0 Å². The number of anilines is 1. The molecule has 0 radical (unpaired) electrons. The number of carbonyl (C=O) groups excluding carboxylic acids is 1. The molecule has 1 fully saturated rings. The summed E-state index contributed by atoms with van der Waals surface area (Å²) in [4.78, 5) is 12.8. The molecule has 0 aliphatic heterocycles. The predicted octanol–water partition coefficient (Wildman–Crippen LogP) is 3.58. The van der Waals surface area contributed by atoms with Crippen molar-refractivity contribution in [1.29, 1.82) is 0 Å². The molecule has 4 nitrogen and oxygen atoms in total. The average Bonchev–Trinajstić information content (AvgIpc) is 3.36. The summed E-state index contributed by atoms with van der Waals surface area (Å²) in [7, 11) is 3.16. The summed E-state index contributed by atoms with van der Waals surface area (Å²) < 4.78 is 10.5. The molecule has 2 aromatic carbocycles. The fourth-order valence-corrected chi connectivity index (χ4v) is 2.95. The second kappa shape index (κ2) is 5.95. The Labute approximate surface area is 136 Å². The number of hydrogen-bond acceptors (Lipinski definition) is 4. The average molecular weight is 311 g/mol. The van der Waals surface area contributed by atoms with Crippen molar-refractivity contribution in [1.82, 2.24) is 0 Å². The number of hydrogen-bond donors (Lipinski definition) is 1. The van der Waals surface area contributed by atoms with E-state index in [1.54, 1.807) is 32.4 Å². The number of ether oxygens (including phenoxy) is 2. The third-order valence-corrected chi connectivity index (χ3v) is 4.53. The van der Waals surface area contributed by atoms with E-state index >= 15 is 0 Å². The number of ketones is 1. The van der Waals surface area contributed by atoms with Gasteiger partial charge in [0.05, 0.1) is 19.8 Å². The zero-order valence-electron chi connectivity index (χ0n) is 13.6. The van der Waals surface area contributed by atoms with E-state index in [1.165, 1.54) is 0 Å². The van der Waals surface area contributed by atoms with Gasteiger partial charge in [0.2, 0.25) is 0 Å². The van der Waals surface area contributed by atoms with Crippen molar-refractivity contribution in [2.75, 3.05) is 20.0 Å². The van der Waals surface area contributed by atoms with Gasteiger partial charge in [-0.25, -0.2) is 0 Å². The van der Waals surface area contributed by atoms with Gasteiger partial charge in [0.15, 0.2) is 5.78 Å². The maximum absolute atomic E-state index is 12.8.